The van der Waals surface area contributed by atoms with Gasteiger partial charge in [-0.3, -0.25) is 0 Å². The van der Waals surface area contributed by atoms with E-state index in [1.807, 2.05) is 6.08 Å². The number of hydrogen-bond acceptors (Lipinski definition) is 2. The van der Waals surface area contributed by atoms with Crippen LogP contribution in [0.4, 0.5) is 0 Å². The highest BCUT2D eigenvalue weighted by Gasteiger charge is 2.26. The fourth-order valence-corrected chi connectivity index (χ4v) is 1.39. The Kier molecular flexibility index (Phi) is 5.09. The van der Waals surface area contributed by atoms with Crippen LogP contribution >= 0.6 is 0 Å². The van der Waals surface area contributed by atoms with Crippen LogP contribution in [-0.4, -0.2) is 25.8 Å². The Balaban J connectivity index is 1.80. The van der Waals surface area contributed by atoms with E-state index >= 15 is 0 Å². The van der Waals surface area contributed by atoms with Crippen molar-refractivity contribution in [3.63, 3.8) is 0 Å². The van der Waals surface area contributed by atoms with Crippen molar-refractivity contribution in [2.24, 2.45) is 5.92 Å². The summed E-state index contributed by atoms with van der Waals surface area (Å²) in [7, 11) is 0. The van der Waals surface area contributed by atoms with E-state index in [9.17, 15) is 0 Å². The van der Waals surface area contributed by atoms with Gasteiger partial charge in [0.05, 0.1) is 13.2 Å². The lowest BCUT2D eigenvalue weighted by Crippen LogP contribution is -2.31. The van der Waals surface area contributed by atoms with Crippen LogP contribution in [-0.2, 0) is 4.74 Å². The first-order valence-corrected chi connectivity index (χ1v) is 5.26. The molecule has 2 nitrogen and oxygen atoms in total. The van der Waals surface area contributed by atoms with Crippen LogP contribution in [0.2, 0.25) is 0 Å². The van der Waals surface area contributed by atoms with E-state index in [-0.39, 0.29) is 0 Å². The third-order valence-electron chi connectivity index (χ3n) is 2.51. The molecule has 1 rings (SSSR count). The fraction of sp³-hybridized carbons (Fsp3) is 0.818. The van der Waals surface area contributed by atoms with E-state index in [1.165, 1.54) is 12.8 Å². The molecule has 1 saturated carbocycles. The Morgan fingerprint density at radius 3 is 2.92 bits per heavy atom. The topological polar surface area (TPSA) is 21.3 Å². The molecule has 0 heterocycles. The lowest BCUT2D eigenvalue weighted by molar-refractivity contribution is 0.138. The van der Waals surface area contributed by atoms with E-state index in [0.29, 0.717) is 6.04 Å². The molecule has 2 heteroatoms. The molecule has 1 N–H and O–H groups in total. The van der Waals surface area contributed by atoms with Gasteiger partial charge in [0.1, 0.15) is 0 Å². The van der Waals surface area contributed by atoms with Crippen LogP contribution in [0.15, 0.2) is 12.7 Å². The average molecular weight is 183 g/mol. The third kappa shape index (κ3) is 5.06. The van der Waals surface area contributed by atoms with Gasteiger partial charge in [0, 0.05) is 12.6 Å². The number of ether oxygens (including phenoxy) is 1. The third-order valence-corrected chi connectivity index (χ3v) is 2.51. The number of rotatable bonds is 8. The van der Waals surface area contributed by atoms with E-state index < -0.39 is 0 Å². The summed E-state index contributed by atoms with van der Waals surface area (Å²) in [6.07, 6.45) is 5.66. The van der Waals surface area contributed by atoms with Gasteiger partial charge < -0.3 is 10.1 Å². The molecule has 0 spiro atoms. The minimum absolute atomic E-state index is 0.683. The summed E-state index contributed by atoms with van der Waals surface area (Å²) in [5.41, 5.74) is 0. The van der Waals surface area contributed by atoms with E-state index in [1.54, 1.807) is 0 Å². The molecule has 0 aliphatic heterocycles. The highest BCUT2D eigenvalue weighted by atomic mass is 16.5. The Morgan fingerprint density at radius 2 is 2.31 bits per heavy atom. The van der Waals surface area contributed by atoms with Crippen molar-refractivity contribution in [3.8, 4) is 0 Å². The summed E-state index contributed by atoms with van der Waals surface area (Å²) in [5.74, 6) is 0.938. The van der Waals surface area contributed by atoms with Gasteiger partial charge in [0.15, 0.2) is 0 Å². The van der Waals surface area contributed by atoms with E-state index in [0.717, 1.165) is 32.1 Å². The lowest BCUT2D eigenvalue weighted by atomic mass is 10.2. The molecule has 1 atom stereocenters. The minimum Gasteiger partial charge on any atom is -0.380 e. The van der Waals surface area contributed by atoms with Gasteiger partial charge in [-0.25, -0.2) is 0 Å². The zero-order valence-corrected chi connectivity index (χ0v) is 8.59. The summed E-state index contributed by atoms with van der Waals surface area (Å²) < 4.78 is 5.39. The summed E-state index contributed by atoms with van der Waals surface area (Å²) in [4.78, 5) is 0. The number of hydrogen-bond donors (Lipinski definition) is 1. The molecular formula is C11H21NO. The average Bonchev–Trinajstić information content (AvgIpc) is 2.93. The lowest BCUT2D eigenvalue weighted by Gasteiger charge is -2.12. The predicted octanol–water partition coefficient (Wildman–Crippen LogP) is 1.97. The first kappa shape index (κ1) is 10.7. The Hall–Kier alpha value is -0.340. The first-order chi connectivity index (χ1) is 6.34. The highest BCUT2D eigenvalue weighted by Crippen LogP contribution is 2.32. The van der Waals surface area contributed by atoms with Crippen molar-refractivity contribution in [3.05, 3.63) is 12.7 Å². The molecule has 0 bridgehead atoms. The van der Waals surface area contributed by atoms with Crippen LogP contribution < -0.4 is 5.32 Å². The molecule has 76 valence electrons. The zero-order chi connectivity index (χ0) is 9.52. The van der Waals surface area contributed by atoms with Crippen molar-refractivity contribution in [1.29, 1.82) is 0 Å². The maximum Gasteiger partial charge on any atom is 0.0591 e. The molecule has 0 amide bonds. The van der Waals surface area contributed by atoms with Crippen molar-refractivity contribution in [1.82, 2.24) is 5.32 Å². The van der Waals surface area contributed by atoms with Crippen LogP contribution in [0, 0.1) is 5.92 Å². The fourth-order valence-electron chi connectivity index (χ4n) is 1.39. The molecule has 1 fully saturated rings. The molecule has 0 aromatic rings. The largest absolute Gasteiger partial charge is 0.380 e. The Bertz CT molecular complexity index is 143. The van der Waals surface area contributed by atoms with Gasteiger partial charge >= 0.3 is 0 Å². The normalized spacial score (nSPS) is 18.5. The molecule has 0 aromatic heterocycles. The summed E-state index contributed by atoms with van der Waals surface area (Å²) in [5, 5.41) is 3.47. The molecule has 0 aromatic carbocycles. The molecule has 1 unspecified atom stereocenters. The Morgan fingerprint density at radius 1 is 1.54 bits per heavy atom. The molecule has 1 aliphatic rings. The van der Waals surface area contributed by atoms with Crippen LogP contribution in [0.3, 0.4) is 0 Å². The van der Waals surface area contributed by atoms with Crippen molar-refractivity contribution < 1.29 is 4.74 Å². The van der Waals surface area contributed by atoms with Crippen LogP contribution in [0.1, 0.15) is 26.2 Å². The van der Waals surface area contributed by atoms with Crippen molar-refractivity contribution in [2.75, 3.05) is 19.8 Å². The zero-order valence-electron chi connectivity index (χ0n) is 8.59. The van der Waals surface area contributed by atoms with Gasteiger partial charge in [0.25, 0.3) is 0 Å². The van der Waals surface area contributed by atoms with Gasteiger partial charge in [-0.2, -0.15) is 0 Å². The highest BCUT2D eigenvalue weighted by molar-refractivity contribution is 4.82. The monoisotopic (exact) mass is 183 g/mol. The maximum absolute atomic E-state index is 5.39. The van der Waals surface area contributed by atoms with E-state index in [2.05, 4.69) is 18.8 Å². The quantitative estimate of drug-likeness (QED) is 0.459. The molecule has 0 radical (unpaired) electrons. The molecule has 0 saturated heterocycles. The predicted molar refractivity (Wildman–Crippen MR) is 55.8 cm³/mol. The second kappa shape index (κ2) is 6.17. The maximum atomic E-state index is 5.39. The summed E-state index contributed by atoms with van der Waals surface area (Å²) >= 11 is 0. The van der Waals surface area contributed by atoms with Gasteiger partial charge in [-0.15, -0.1) is 6.58 Å². The van der Waals surface area contributed by atoms with Gasteiger partial charge in [0.2, 0.25) is 0 Å². The smallest absolute Gasteiger partial charge is 0.0591 e. The SMILES string of the molecule is C=CCCOCCNC(C)C1CC1. The van der Waals surface area contributed by atoms with Crippen LogP contribution in [0.25, 0.3) is 0 Å². The second-order valence-corrected chi connectivity index (χ2v) is 3.77. The van der Waals surface area contributed by atoms with Crippen molar-refractivity contribution in [2.45, 2.75) is 32.2 Å². The molecule has 13 heavy (non-hydrogen) atoms. The van der Waals surface area contributed by atoms with Gasteiger partial charge in [-0.1, -0.05) is 6.08 Å². The number of nitrogens with one attached hydrogen (secondary N) is 1. The van der Waals surface area contributed by atoms with Gasteiger partial charge in [-0.05, 0) is 32.1 Å². The summed E-state index contributed by atoms with van der Waals surface area (Å²) in [6, 6.07) is 0.683. The first-order valence-electron chi connectivity index (χ1n) is 5.26. The Labute approximate surface area is 81.4 Å². The van der Waals surface area contributed by atoms with Crippen molar-refractivity contribution >= 4 is 0 Å². The molecular weight excluding hydrogens is 162 g/mol. The second-order valence-electron chi connectivity index (χ2n) is 3.77. The standard InChI is InChI=1S/C11H21NO/c1-3-4-8-13-9-7-12-10(2)11-5-6-11/h3,10-12H,1,4-9H2,2H3. The molecule has 1 aliphatic carbocycles. The minimum atomic E-state index is 0.683. The van der Waals surface area contributed by atoms with Crippen LogP contribution in [0.5, 0.6) is 0 Å². The van der Waals surface area contributed by atoms with E-state index in [4.69, 9.17) is 4.74 Å². The summed E-state index contributed by atoms with van der Waals surface area (Å²) in [6.45, 7) is 8.52.